The first-order chi connectivity index (χ1) is 10.1. The first kappa shape index (κ1) is 14.9. The summed E-state index contributed by atoms with van der Waals surface area (Å²) < 4.78 is 5.11. The molecule has 21 heavy (non-hydrogen) atoms. The lowest BCUT2D eigenvalue weighted by Crippen LogP contribution is -2.26. The van der Waals surface area contributed by atoms with E-state index in [-0.39, 0.29) is 5.91 Å². The van der Waals surface area contributed by atoms with Gasteiger partial charge in [-0.25, -0.2) is 0 Å². The number of amides is 1. The van der Waals surface area contributed by atoms with Gasteiger partial charge in [-0.1, -0.05) is 23.8 Å². The van der Waals surface area contributed by atoms with E-state index in [4.69, 9.17) is 10.5 Å². The Hall–Kier alpha value is -2.49. The number of nitrogens with one attached hydrogen (secondary N) is 1. The van der Waals surface area contributed by atoms with Crippen molar-refractivity contribution < 1.29 is 9.53 Å². The van der Waals surface area contributed by atoms with E-state index in [1.54, 1.807) is 19.2 Å². The van der Waals surface area contributed by atoms with Gasteiger partial charge in [-0.05, 0) is 43.2 Å². The van der Waals surface area contributed by atoms with Crippen molar-refractivity contribution in [2.45, 2.75) is 13.3 Å². The highest BCUT2D eigenvalue weighted by atomic mass is 16.5. The average molecular weight is 284 g/mol. The first-order valence-electron chi connectivity index (χ1n) is 6.87. The van der Waals surface area contributed by atoms with Crippen molar-refractivity contribution in [3.63, 3.8) is 0 Å². The number of hydrogen-bond donors (Lipinski definition) is 2. The van der Waals surface area contributed by atoms with Gasteiger partial charge in [0.1, 0.15) is 5.75 Å². The van der Waals surface area contributed by atoms with E-state index in [1.807, 2.05) is 37.3 Å². The van der Waals surface area contributed by atoms with E-state index >= 15 is 0 Å². The highest BCUT2D eigenvalue weighted by molar-refractivity contribution is 5.99. The van der Waals surface area contributed by atoms with Gasteiger partial charge in [-0.2, -0.15) is 0 Å². The van der Waals surface area contributed by atoms with E-state index < -0.39 is 0 Å². The summed E-state index contributed by atoms with van der Waals surface area (Å²) in [4.78, 5) is 12.1. The number of methoxy groups -OCH3 is 1. The van der Waals surface area contributed by atoms with Crippen LogP contribution in [0, 0.1) is 6.92 Å². The SMILES string of the molecule is COc1ccc(CCNC(=O)c2cc(C)ccc2N)cc1. The Labute approximate surface area is 124 Å². The van der Waals surface area contributed by atoms with Gasteiger partial charge in [-0.15, -0.1) is 0 Å². The monoisotopic (exact) mass is 284 g/mol. The fourth-order valence-electron chi connectivity index (χ4n) is 2.07. The van der Waals surface area contributed by atoms with E-state index in [0.29, 0.717) is 17.8 Å². The van der Waals surface area contributed by atoms with Crippen LogP contribution in [0.1, 0.15) is 21.5 Å². The van der Waals surface area contributed by atoms with E-state index in [1.165, 1.54) is 0 Å². The molecule has 0 aromatic heterocycles. The second kappa shape index (κ2) is 6.79. The van der Waals surface area contributed by atoms with Gasteiger partial charge in [0, 0.05) is 12.2 Å². The number of nitrogens with two attached hydrogens (primary N) is 1. The number of hydrogen-bond acceptors (Lipinski definition) is 3. The minimum Gasteiger partial charge on any atom is -0.497 e. The van der Waals surface area contributed by atoms with Crippen molar-refractivity contribution in [1.82, 2.24) is 5.32 Å². The van der Waals surface area contributed by atoms with Crippen molar-refractivity contribution in [3.8, 4) is 5.75 Å². The molecule has 0 aliphatic heterocycles. The van der Waals surface area contributed by atoms with Gasteiger partial charge < -0.3 is 15.8 Å². The maximum Gasteiger partial charge on any atom is 0.253 e. The summed E-state index contributed by atoms with van der Waals surface area (Å²) in [7, 11) is 1.64. The number of rotatable bonds is 5. The number of aryl methyl sites for hydroxylation is 1. The van der Waals surface area contributed by atoms with Crippen LogP contribution in [-0.2, 0) is 6.42 Å². The first-order valence-corrected chi connectivity index (χ1v) is 6.87. The molecule has 110 valence electrons. The molecule has 2 aromatic rings. The molecule has 0 unspecified atom stereocenters. The zero-order chi connectivity index (χ0) is 15.2. The maximum atomic E-state index is 12.1. The lowest BCUT2D eigenvalue weighted by molar-refractivity contribution is 0.0955. The molecule has 0 aliphatic rings. The van der Waals surface area contributed by atoms with Gasteiger partial charge in [-0.3, -0.25) is 4.79 Å². The number of benzene rings is 2. The molecule has 0 saturated carbocycles. The molecule has 1 amide bonds. The van der Waals surface area contributed by atoms with Gasteiger partial charge in [0.05, 0.1) is 12.7 Å². The third-order valence-corrected chi connectivity index (χ3v) is 3.31. The third kappa shape index (κ3) is 3.99. The van der Waals surface area contributed by atoms with Crippen LogP contribution in [0.2, 0.25) is 0 Å². The third-order valence-electron chi connectivity index (χ3n) is 3.31. The zero-order valence-corrected chi connectivity index (χ0v) is 12.3. The second-order valence-corrected chi connectivity index (χ2v) is 4.94. The van der Waals surface area contributed by atoms with Gasteiger partial charge >= 0.3 is 0 Å². The van der Waals surface area contributed by atoms with Crippen LogP contribution in [0.25, 0.3) is 0 Å². The van der Waals surface area contributed by atoms with Crippen LogP contribution >= 0.6 is 0 Å². The van der Waals surface area contributed by atoms with E-state index in [9.17, 15) is 4.79 Å². The molecule has 2 aromatic carbocycles. The van der Waals surface area contributed by atoms with Gasteiger partial charge in [0.2, 0.25) is 0 Å². The molecule has 0 atom stereocenters. The smallest absolute Gasteiger partial charge is 0.253 e. The Bertz CT molecular complexity index is 621. The normalized spacial score (nSPS) is 10.2. The molecule has 0 saturated heterocycles. The number of carbonyl (C=O) groups excluding carboxylic acids is 1. The van der Waals surface area contributed by atoms with Crippen molar-refractivity contribution in [1.29, 1.82) is 0 Å². The van der Waals surface area contributed by atoms with Crippen molar-refractivity contribution in [2.24, 2.45) is 0 Å². The summed E-state index contributed by atoms with van der Waals surface area (Å²) in [5, 5.41) is 2.89. The fraction of sp³-hybridized carbons (Fsp3) is 0.235. The molecule has 2 rings (SSSR count). The molecule has 0 heterocycles. The minimum atomic E-state index is -0.135. The molecule has 0 spiro atoms. The molecular weight excluding hydrogens is 264 g/mol. The van der Waals surface area contributed by atoms with Crippen LogP contribution in [0.4, 0.5) is 5.69 Å². The number of anilines is 1. The Morgan fingerprint density at radius 1 is 1.19 bits per heavy atom. The van der Waals surface area contributed by atoms with Gasteiger partial charge in [0.15, 0.2) is 0 Å². The Morgan fingerprint density at radius 2 is 1.90 bits per heavy atom. The fourth-order valence-corrected chi connectivity index (χ4v) is 2.07. The predicted octanol–water partition coefficient (Wildman–Crippen LogP) is 2.56. The molecule has 4 heteroatoms. The van der Waals surface area contributed by atoms with Crippen molar-refractivity contribution in [2.75, 3.05) is 19.4 Å². The Morgan fingerprint density at radius 3 is 2.57 bits per heavy atom. The standard InChI is InChI=1S/C17H20N2O2/c1-12-3-8-16(18)15(11-12)17(20)19-10-9-13-4-6-14(21-2)7-5-13/h3-8,11H,9-10,18H2,1-2H3,(H,19,20). The summed E-state index contributed by atoms with van der Waals surface area (Å²) in [5.74, 6) is 0.694. The quantitative estimate of drug-likeness (QED) is 0.829. The lowest BCUT2D eigenvalue weighted by atomic mass is 10.1. The molecule has 0 aliphatic carbocycles. The maximum absolute atomic E-state index is 12.1. The highest BCUT2D eigenvalue weighted by Crippen LogP contribution is 2.14. The number of carbonyl (C=O) groups is 1. The molecule has 4 nitrogen and oxygen atoms in total. The van der Waals surface area contributed by atoms with Crippen LogP contribution in [0.5, 0.6) is 5.75 Å². The van der Waals surface area contributed by atoms with Crippen LogP contribution < -0.4 is 15.8 Å². The summed E-state index contributed by atoms with van der Waals surface area (Å²) in [5.41, 5.74) is 9.03. The van der Waals surface area contributed by atoms with Crippen LogP contribution in [0.15, 0.2) is 42.5 Å². The summed E-state index contributed by atoms with van der Waals surface area (Å²) in [6.07, 6.45) is 0.765. The predicted molar refractivity (Wildman–Crippen MR) is 84.6 cm³/mol. The minimum absolute atomic E-state index is 0.135. The number of ether oxygens (including phenoxy) is 1. The average Bonchev–Trinajstić information content (AvgIpc) is 2.50. The van der Waals surface area contributed by atoms with Crippen LogP contribution in [0.3, 0.4) is 0 Å². The molecule has 3 N–H and O–H groups in total. The van der Waals surface area contributed by atoms with Crippen molar-refractivity contribution >= 4 is 11.6 Å². The topological polar surface area (TPSA) is 64.3 Å². The number of nitrogen functional groups attached to an aromatic ring is 1. The van der Waals surface area contributed by atoms with E-state index in [2.05, 4.69) is 5.32 Å². The van der Waals surface area contributed by atoms with E-state index in [0.717, 1.165) is 23.3 Å². The molecular formula is C17H20N2O2. The Kier molecular flexibility index (Phi) is 4.82. The molecule has 0 fully saturated rings. The second-order valence-electron chi connectivity index (χ2n) is 4.94. The summed E-state index contributed by atoms with van der Waals surface area (Å²) in [6, 6.07) is 13.3. The zero-order valence-electron chi connectivity index (χ0n) is 12.3. The molecule has 0 radical (unpaired) electrons. The lowest BCUT2D eigenvalue weighted by Gasteiger charge is -2.09. The largest absolute Gasteiger partial charge is 0.497 e. The summed E-state index contributed by atoms with van der Waals surface area (Å²) >= 11 is 0. The summed E-state index contributed by atoms with van der Waals surface area (Å²) in [6.45, 7) is 2.51. The highest BCUT2D eigenvalue weighted by Gasteiger charge is 2.09. The van der Waals surface area contributed by atoms with Crippen molar-refractivity contribution in [3.05, 3.63) is 59.2 Å². The molecule has 0 bridgehead atoms. The van der Waals surface area contributed by atoms with Crippen LogP contribution in [-0.4, -0.2) is 19.6 Å². The Balaban J connectivity index is 1.90. The van der Waals surface area contributed by atoms with Gasteiger partial charge in [0.25, 0.3) is 5.91 Å².